The van der Waals surface area contributed by atoms with Gasteiger partial charge in [0.2, 0.25) is 0 Å². The van der Waals surface area contributed by atoms with E-state index in [1.54, 1.807) is 36.0 Å². The van der Waals surface area contributed by atoms with Crippen LogP contribution in [-0.2, 0) is 0 Å². The van der Waals surface area contributed by atoms with Crippen LogP contribution >= 0.6 is 22.9 Å². The topological polar surface area (TPSA) is 38.7 Å². The molecule has 3 heterocycles. The Labute approximate surface area is 101 Å². The third kappa shape index (κ3) is 1.66. The maximum absolute atomic E-state index is 5.82. The molecule has 0 saturated carbocycles. The highest BCUT2D eigenvalue weighted by Crippen LogP contribution is 2.29. The van der Waals surface area contributed by atoms with Crippen molar-refractivity contribution in [2.24, 2.45) is 0 Å². The number of fused-ring (bicyclic) bond motifs is 1. The van der Waals surface area contributed by atoms with E-state index in [4.69, 9.17) is 11.6 Å². The number of rotatable bonds is 1. The Hall–Kier alpha value is -1.52. The second kappa shape index (κ2) is 3.81. The lowest BCUT2D eigenvalue weighted by atomic mass is 10.3. The molecule has 3 aromatic heterocycles. The van der Waals surface area contributed by atoms with Crippen molar-refractivity contribution in [1.82, 2.24) is 15.0 Å². The van der Waals surface area contributed by atoms with E-state index in [2.05, 4.69) is 15.0 Å². The van der Waals surface area contributed by atoms with E-state index in [0.717, 1.165) is 20.8 Å². The first kappa shape index (κ1) is 9.69. The van der Waals surface area contributed by atoms with Gasteiger partial charge in [0.15, 0.2) is 0 Å². The Balaban J connectivity index is 2.19. The van der Waals surface area contributed by atoms with Gasteiger partial charge in [-0.3, -0.25) is 4.98 Å². The van der Waals surface area contributed by atoms with E-state index in [9.17, 15) is 0 Å². The standard InChI is InChI=1S/C11H6ClN3S/c12-10-4-8-9(6-14-10)16-11(15-8)7-2-1-3-13-5-7/h1-6H. The van der Waals surface area contributed by atoms with Gasteiger partial charge >= 0.3 is 0 Å². The summed E-state index contributed by atoms with van der Waals surface area (Å²) < 4.78 is 1.03. The average Bonchev–Trinajstić information content (AvgIpc) is 2.73. The molecule has 0 radical (unpaired) electrons. The summed E-state index contributed by atoms with van der Waals surface area (Å²) in [5.74, 6) is 0. The van der Waals surface area contributed by atoms with E-state index in [-0.39, 0.29) is 0 Å². The SMILES string of the molecule is Clc1cc2nc(-c3cccnc3)sc2cn1. The number of thiazole rings is 1. The highest BCUT2D eigenvalue weighted by atomic mass is 35.5. The summed E-state index contributed by atoms with van der Waals surface area (Å²) in [5.41, 5.74) is 1.89. The van der Waals surface area contributed by atoms with Gasteiger partial charge in [0.05, 0.1) is 10.2 Å². The summed E-state index contributed by atoms with van der Waals surface area (Å²) in [7, 11) is 0. The minimum atomic E-state index is 0.468. The minimum Gasteiger partial charge on any atom is -0.264 e. The monoisotopic (exact) mass is 247 g/mol. The third-order valence-corrected chi connectivity index (χ3v) is 3.41. The molecule has 78 valence electrons. The summed E-state index contributed by atoms with van der Waals surface area (Å²) in [5, 5.41) is 1.41. The fourth-order valence-electron chi connectivity index (χ4n) is 1.42. The molecule has 5 heteroatoms. The highest BCUT2D eigenvalue weighted by molar-refractivity contribution is 7.21. The molecule has 3 rings (SSSR count). The lowest BCUT2D eigenvalue weighted by Crippen LogP contribution is -1.77. The largest absolute Gasteiger partial charge is 0.264 e. The number of hydrogen-bond donors (Lipinski definition) is 0. The number of halogens is 1. The van der Waals surface area contributed by atoms with Crippen LogP contribution in [-0.4, -0.2) is 15.0 Å². The number of aromatic nitrogens is 3. The quantitative estimate of drug-likeness (QED) is 0.619. The number of pyridine rings is 2. The molecule has 0 atom stereocenters. The Kier molecular flexibility index (Phi) is 2.31. The Morgan fingerprint density at radius 2 is 2.19 bits per heavy atom. The molecule has 0 saturated heterocycles. The molecule has 0 aliphatic heterocycles. The first-order chi connectivity index (χ1) is 7.83. The van der Waals surface area contributed by atoms with Crippen LogP contribution < -0.4 is 0 Å². The Morgan fingerprint density at radius 3 is 3.00 bits per heavy atom. The van der Waals surface area contributed by atoms with Gasteiger partial charge in [-0.25, -0.2) is 9.97 Å². The number of hydrogen-bond acceptors (Lipinski definition) is 4. The Morgan fingerprint density at radius 1 is 1.25 bits per heavy atom. The van der Waals surface area contributed by atoms with Gasteiger partial charge in [-0.15, -0.1) is 11.3 Å². The summed E-state index contributed by atoms with van der Waals surface area (Å²) in [6.45, 7) is 0. The predicted octanol–water partition coefficient (Wildman–Crippen LogP) is 3.41. The molecule has 0 N–H and O–H groups in total. The minimum absolute atomic E-state index is 0.468. The van der Waals surface area contributed by atoms with E-state index in [1.807, 2.05) is 12.1 Å². The molecule has 0 spiro atoms. The first-order valence-corrected chi connectivity index (χ1v) is 5.85. The smallest absolute Gasteiger partial charge is 0.131 e. The second-order valence-electron chi connectivity index (χ2n) is 3.24. The van der Waals surface area contributed by atoms with Crippen molar-refractivity contribution in [2.45, 2.75) is 0 Å². The molecule has 0 unspecified atom stereocenters. The van der Waals surface area contributed by atoms with Crippen LogP contribution in [0, 0.1) is 0 Å². The molecule has 3 nitrogen and oxygen atoms in total. The fourth-order valence-corrected chi connectivity index (χ4v) is 2.48. The fraction of sp³-hybridized carbons (Fsp3) is 0. The summed E-state index contributed by atoms with van der Waals surface area (Å²) >= 11 is 7.40. The number of nitrogens with zero attached hydrogens (tertiary/aromatic N) is 3. The summed E-state index contributed by atoms with van der Waals surface area (Å²) in [6.07, 6.45) is 5.29. The molecule has 16 heavy (non-hydrogen) atoms. The molecule has 0 aliphatic rings. The maximum atomic E-state index is 5.82. The van der Waals surface area contributed by atoms with E-state index < -0.39 is 0 Å². The molecule has 0 amide bonds. The van der Waals surface area contributed by atoms with Crippen LogP contribution in [0.1, 0.15) is 0 Å². The van der Waals surface area contributed by atoms with Crippen LogP contribution in [0.2, 0.25) is 5.15 Å². The lowest BCUT2D eigenvalue weighted by Gasteiger charge is -1.91. The molecular weight excluding hydrogens is 242 g/mol. The molecule has 3 aromatic rings. The van der Waals surface area contributed by atoms with Crippen molar-refractivity contribution < 1.29 is 0 Å². The first-order valence-electron chi connectivity index (χ1n) is 4.65. The lowest BCUT2D eigenvalue weighted by molar-refractivity contribution is 1.32. The van der Waals surface area contributed by atoms with Gasteiger partial charge in [0.1, 0.15) is 10.2 Å². The molecular formula is C11H6ClN3S. The summed E-state index contributed by atoms with van der Waals surface area (Å²) in [6, 6.07) is 5.65. The normalized spacial score (nSPS) is 10.8. The van der Waals surface area contributed by atoms with Crippen LogP contribution in [0.4, 0.5) is 0 Å². The van der Waals surface area contributed by atoms with Crippen molar-refractivity contribution in [3.63, 3.8) is 0 Å². The molecule has 0 aromatic carbocycles. The second-order valence-corrected chi connectivity index (χ2v) is 4.65. The van der Waals surface area contributed by atoms with Crippen LogP contribution in [0.15, 0.2) is 36.8 Å². The highest BCUT2D eigenvalue weighted by Gasteiger charge is 2.06. The van der Waals surface area contributed by atoms with Gasteiger partial charge < -0.3 is 0 Å². The van der Waals surface area contributed by atoms with Gasteiger partial charge in [0.25, 0.3) is 0 Å². The van der Waals surface area contributed by atoms with Crippen molar-refractivity contribution >= 4 is 33.2 Å². The Bertz CT molecular complexity index is 636. The van der Waals surface area contributed by atoms with Gasteiger partial charge in [-0.1, -0.05) is 11.6 Å². The van der Waals surface area contributed by atoms with Crippen LogP contribution in [0.3, 0.4) is 0 Å². The van der Waals surface area contributed by atoms with Gasteiger partial charge in [-0.2, -0.15) is 0 Å². The zero-order chi connectivity index (χ0) is 11.0. The van der Waals surface area contributed by atoms with Crippen molar-refractivity contribution in [1.29, 1.82) is 0 Å². The van der Waals surface area contributed by atoms with E-state index in [0.29, 0.717) is 5.15 Å². The van der Waals surface area contributed by atoms with Crippen LogP contribution in [0.5, 0.6) is 0 Å². The van der Waals surface area contributed by atoms with Gasteiger partial charge in [0, 0.05) is 30.2 Å². The van der Waals surface area contributed by atoms with Crippen molar-refractivity contribution in [2.75, 3.05) is 0 Å². The predicted molar refractivity (Wildman–Crippen MR) is 65.7 cm³/mol. The van der Waals surface area contributed by atoms with Gasteiger partial charge in [-0.05, 0) is 12.1 Å². The van der Waals surface area contributed by atoms with Crippen molar-refractivity contribution in [3.8, 4) is 10.6 Å². The summed E-state index contributed by atoms with van der Waals surface area (Å²) in [4.78, 5) is 12.6. The van der Waals surface area contributed by atoms with E-state index >= 15 is 0 Å². The molecule has 0 fully saturated rings. The molecule has 0 aliphatic carbocycles. The zero-order valence-corrected chi connectivity index (χ0v) is 9.66. The third-order valence-electron chi connectivity index (χ3n) is 2.15. The average molecular weight is 248 g/mol. The van der Waals surface area contributed by atoms with E-state index in [1.165, 1.54) is 0 Å². The zero-order valence-electron chi connectivity index (χ0n) is 8.09. The maximum Gasteiger partial charge on any atom is 0.131 e. The van der Waals surface area contributed by atoms with Crippen LogP contribution in [0.25, 0.3) is 20.8 Å². The van der Waals surface area contributed by atoms with Crippen molar-refractivity contribution in [3.05, 3.63) is 41.9 Å². The molecule has 0 bridgehead atoms.